The highest BCUT2D eigenvalue weighted by molar-refractivity contribution is 9.10. The van der Waals surface area contributed by atoms with Crippen molar-refractivity contribution in [3.8, 4) is 0 Å². The van der Waals surface area contributed by atoms with E-state index < -0.39 is 0 Å². The minimum absolute atomic E-state index is 0.119. The van der Waals surface area contributed by atoms with Gasteiger partial charge in [0.2, 0.25) is 5.91 Å². The number of hydrogen-bond donors (Lipinski definition) is 0. The first-order valence-corrected chi connectivity index (χ1v) is 9.54. The summed E-state index contributed by atoms with van der Waals surface area (Å²) in [5, 5.41) is 0. The van der Waals surface area contributed by atoms with Crippen molar-refractivity contribution in [1.82, 2.24) is 14.5 Å². The van der Waals surface area contributed by atoms with E-state index in [1.807, 2.05) is 41.3 Å². The molecule has 0 saturated carbocycles. The van der Waals surface area contributed by atoms with Crippen LogP contribution in [0.4, 0.5) is 0 Å². The molecule has 1 saturated heterocycles. The first-order chi connectivity index (χ1) is 12.7. The number of para-hydroxylation sites is 2. The second-order valence-corrected chi connectivity index (χ2v) is 7.31. The van der Waals surface area contributed by atoms with E-state index in [0.29, 0.717) is 39.3 Å². The van der Waals surface area contributed by atoms with Crippen LogP contribution < -0.4 is 0 Å². The average Bonchev–Trinajstić information content (AvgIpc) is 3.01. The number of fused-ring (bicyclic) bond motifs is 1. The summed E-state index contributed by atoms with van der Waals surface area (Å²) in [6.45, 7) is 2.86. The van der Waals surface area contributed by atoms with Crippen LogP contribution >= 0.6 is 15.9 Å². The van der Waals surface area contributed by atoms with E-state index in [2.05, 4.69) is 32.6 Å². The van der Waals surface area contributed by atoms with Crippen LogP contribution in [0, 0.1) is 0 Å². The van der Waals surface area contributed by atoms with Gasteiger partial charge >= 0.3 is 0 Å². The van der Waals surface area contributed by atoms with E-state index in [0.717, 1.165) is 21.3 Å². The number of imidazole rings is 1. The zero-order valence-electron chi connectivity index (χ0n) is 14.4. The number of ether oxygens (including phenoxy) is 1. The molecule has 0 aliphatic carbocycles. The van der Waals surface area contributed by atoms with E-state index in [4.69, 9.17) is 9.72 Å². The van der Waals surface area contributed by atoms with Gasteiger partial charge in [-0.2, -0.15) is 0 Å². The van der Waals surface area contributed by atoms with Crippen molar-refractivity contribution in [2.75, 3.05) is 26.3 Å². The van der Waals surface area contributed by atoms with Crippen LogP contribution in [0.3, 0.4) is 0 Å². The Morgan fingerprint density at radius 3 is 2.58 bits per heavy atom. The number of halogens is 1. The summed E-state index contributed by atoms with van der Waals surface area (Å²) in [4.78, 5) is 19.4. The average molecular weight is 414 g/mol. The molecule has 1 aromatic heterocycles. The number of rotatable bonds is 4. The highest BCUT2D eigenvalue weighted by Gasteiger charge is 2.20. The van der Waals surface area contributed by atoms with E-state index in [1.165, 1.54) is 5.56 Å². The molecule has 26 heavy (non-hydrogen) atoms. The lowest BCUT2D eigenvalue weighted by Crippen LogP contribution is -2.42. The quantitative estimate of drug-likeness (QED) is 0.659. The monoisotopic (exact) mass is 413 g/mol. The third-order valence-electron chi connectivity index (χ3n) is 4.67. The molecular weight excluding hydrogens is 394 g/mol. The lowest BCUT2D eigenvalue weighted by atomic mass is 10.1. The molecule has 6 heteroatoms. The Bertz CT molecular complexity index is 914. The van der Waals surface area contributed by atoms with E-state index in [9.17, 15) is 4.79 Å². The largest absolute Gasteiger partial charge is 0.378 e. The molecule has 0 N–H and O–H groups in total. The van der Waals surface area contributed by atoms with Crippen LogP contribution in [0.25, 0.3) is 11.0 Å². The Morgan fingerprint density at radius 1 is 1.08 bits per heavy atom. The predicted octanol–water partition coefficient (Wildman–Crippen LogP) is 3.25. The van der Waals surface area contributed by atoms with E-state index >= 15 is 0 Å². The van der Waals surface area contributed by atoms with E-state index in [1.54, 1.807) is 0 Å². The highest BCUT2D eigenvalue weighted by atomic mass is 79.9. The molecule has 0 radical (unpaired) electrons. The summed E-state index contributed by atoms with van der Waals surface area (Å²) in [5.41, 5.74) is 3.10. The summed E-state index contributed by atoms with van der Waals surface area (Å²) in [6.07, 6.45) is 0.693. The van der Waals surface area contributed by atoms with Gasteiger partial charge in [-0.15, -0.1) is 0 Å². The molecule has 4 rings (SSSR count). The number of benzene rings is 2. The second kappa shape index (κ2) is 7.60. The summed E-state index contributed by atoms with van der Waals surface area (Å²) in [7, 11) is 0. The fourth-order valence-electron chi connectivity index (χ4n) is 3.27. The molecule has 0 spiro atoms. The number of hydrogen-bond acceptors (Lipinski definition) is 3. The lowest BCUT2D eigenvalue weighted by molar-refractivity contribution is -0.135. The van der Waals surface area contributed by atoms with Crippen molar-refractivity contribution >= 4 is 32.9 Å². The van der Waals surface area contributed by atoms with Gasteiger partial charge in [-0.1, -0.05) is 40.2 Å². The Morgan fingerprint density at radius 2 is 1.81 bits per heavy atom. The molecule has 0 unspecified atom stereocenters. The topological polar surface area (TPSA) is 47.4 Å². The molecule has 1 amide bonds. The van der Waals surface area contributed by atoms with Crippen LogP contribution in [0.1, 0.15) is 11.4 Å². The van der Waals surface area contributed by atoms with E-state index in [-0.39, 0.29) is 5.91 Å². The van der Waals surface area contributed by atoms with Gasteiger partial charge < -0.3 is 14.2 Å². The van der Waals surface area contributed by atoms with Crippen LogP contribution in [0.5, 0.6) is 0 Å². The van der Waals surface area contributed by atoms with Gasteiger partial charge in [0.15, 0.2) is 0 Å². The summed E-state index contributed by atoms with van der Waals surface area (Å²) < 4.78 is 8.45. The number of carbonyl (C=O) groups is 1. The molecule has 0 atom stereocenters. The minimum Gasteiger partial charge on any atom is -0.378 e. The molecule has 3 aromatic rings. The maximum absolute atomic E-state index is 12.8. The molecule has 2 heterocycles. The van der Waals surface area contributed by atoms with Gasteiger partial charge in [0, 0.05) is 24.0 Å². The van der Waals surface area contributed by atoms with Crippen molar-refractivity contribution < 1.29 is 9.53 Å². The first-order valence-electron chi connectivity index (χ1n) is 8.75. The van der Waals surface area contributed by atoms with Crippen molar-refractivity contribution in [1.29, 1.82) is 0 Å². The molecular formula is C20H20BrN3O2. The molecule has 1 aliphatic heterocycles. The molecule has 134 valence electrons. The zero-order valence-corrected chi connectivity index (χ0v) is 16.0. The maximum atomic E-state index is 12.8. The summed E-state index contributed by atoms with van der Waals surface area (Å²) in [6, 6.07) is 16.2. The third kappa shape index (κ3) is 3.66. The van der Waals surface area contributed by atoms with Crippen LogP contribution in [-0.4, -0.2) is 46.7 Å². The minimum atomic E-state index is 0.119. The number of amides is 1. The van der Waals surface area contributed by atoms with Crippen molar-refractivity contribution in [2.45, 2.75) is 13.0 Å². The normalized spacial score (nSPS) is 14.7. The van der Waals surface area contributed by atoms with Crippen molar-refractivity contribution in [2.24, 2.45) is 0 Å². The maximum Gasteiger partial charge on any atom is 0.242 e. The summed E-state index contributed by atoms with van der Waals surface area (Å²) >= 11 is 3.47. The summed E-state index contributed by atoms with van der Waals surface area (Å²) in [5.74, 6) is 1.03. The lowest BCUT2D eigenvalue weighted by Gasteiger charge is -2.27. The molecule has 1 aliphatic rings. The number of morpholine rings is 1. The van der Waals surface area contributed by atoms with Crippen LogP contribution in [0.2, 0.25) is 0 Å². The Balaban J connectivity index is 1.65. The van der Waals surface area contributed by atoms with Gasteiger partial charge in [0.1, 0.15) is 12.4 Å². The number of nitrogens with zero attached hydrogens (tertiary/aromatic N) is 3. The predicted molar refractivity (Wildman–Crippen MR) is 104 cm³/mol. The Kier molecular flexibility index (Phi) is 5.04. The van der Waals surface area contributed by atoms with Gasteiger partial charge in [-0.3, -0.25) is 4.79 Å². The SMILES string of the molecule is O=C(Cn1c(Cc2ccc(Br)cc2)nc2ccccc21)N1CCOCC1. The molecule has 0 bridgehead atoms. The van der Waals surface area contributed by atoms with Crippen molar-refractivity contribution in [3.63, 3.8) is 0 Å². The third-order valence-corrected chi connectivity index (χ3v) is 5.19. The van der Waals surface area contributed by atoms with Gasteiger partial charge in [0.05, 0.1) is 24.2 Å². The van der Waals surface area contributed by atoms with Crippen molar-refractivity contribution in [3.05, 3.63) is 64.4 Å². The first kappa shape index (κ1) is 17.2. The smallest absolute Gasteiger partial charge is 0.242 e. The van der Waals surface area contributed by atoms with Gasteiger partial charge in [-0.05, 0) is 29.8 Å². The Hall–Kier alpha value is -2.18. The zero-order chi connectivity index (χ0) is 17.9. The number of aromatic nitrogens is 2. The van der Waals surface area contributed by atoms with Crippen LogP contribution in [0.15, 0.2) is 53.0 Å². The molecule has 1 fully saturated rings. The highest BCUT2D eigenvalue weighted by Crippen LogP contribution is 2.20. The molecule has 5 nitrogen and oxygen atoms in total. The van der Waals surface area contributed by atoms with Crippen LogP contribution in [-0.2, 0) is 22.5 Å². The fraction of sp³-hybridized carbons (Fsp3) is 0.300. The molecule has 2 aromatic carbocycles. The fourth-order valence-corrected chi connectivity index (χ4v) is 3.53. The van der Waals surface area contributed by atoms with Gasteiger partial charge in [0.25, 0.3) is 0 Å². The Labute approximate surface area is 160 Å². The van der Waals surface area contributed by atoms with Gasteiger partial charge in [-0.25, -0.2) is 4.98 Å². The standard InChI is InChI=1S/C20H20BrN3O2/c21-16-7-5-15(6-8-16)13-19-22-17-3-1-2-4-18(17)24(19)14-20(25)23-9-11-26-12-10-23/h1-8H,9-14H2. The number of carbonyl (C=O) groups excluding carboxylic acids is 1. The second-order valence-electron chi connectivity index (χ2n) is 6.40.